The van der Waals surface area contributed by atoms with Gasteiger partial charge in [-0.2, -0.15) is 0 Å². The predicted octanol–water partition coefficient (Wildman–Crippen LogP) is 2.24. The van der Waals surface area contributed by atoms with Gasteiger partial charge in [-0.05, 0) is 24.1 Å². The highest BCUT2D eigenvalue weighted by Crippen LogP contribution is 2.17. The van der Waals surface area contributed by atoms with Crippen molar-refractivity contribution in [3.63, 3.8) is 0 Å². The van der Waals surface area contributed by atoms with E-state index in [1.807, 2.05) is 13.8 Å². The van der Waals surface area contributed by atoms with Crippen LogP contribution in [0, 0.1) is 11.7 Å². The molecule has 0 unspecified atom stereocenters. The average molecular weight is 303 g/mol. The lowest BCUT2D eigenvalue weighted by Crippen LogP contribution is -2.29. The van der Waals surface area contributed by atoms with E-state index in [1.54, 1.807) is 0 Å². The summed E-state index contributed by atoms with van der Waals surface area (Å²) in [5.74, 6) is -2.11. The molecule has 0 aromatic heterocycles. The van der Waals surface area contributed by atoms with Crippen molar-refractivity contribution >= 4 is 16.0 Å². The van der Waals surface area contributed by atoms with Crippen LogP contribution in [0.4, 0.5) is 4.39 Å². The number of hydrogen-bond acceptors (Lipinski definition) is 3. The molecule has 112 valence electrons. The summed E-state index contributed by atoms with van der Waals surface area (Å²) in [6.45, 7) is 4.08. The summed E-state index contributed by atoms with van der Waals surface area (Å²) in [5.41, 5.74) is -0.269. The molecule has 1 rings (SSSR count). The molecule has 0 aliphatic heterocycles. The highest BCUT2D eigenvalue weighted by atomic mass is 32.2. The summed E-state index contributed by atoms with van der Waals surface area (Å²) in [4.78, 5) is 10.2. The van der Waals surface area contributed by atoms with Crippen LogP contribution < -0.4 is 4.72 Å². The zero-order valence-electron chi connectivity index (χ0n) is 11.4. The Morgan fingerprint density at radius 2 is 1.95 bits per heavy atom. The average Bonchev–Trinajstić information content (AvgIpc) is 2.39. The van der Waals surface area contributed by atoms with Crippen LogP contribution in [-0.4, -0.2) is 26.0 Å². The van der Waals surface area contributed by atoms with E-state index in [0.29, 0.717) is 0 Å². The maximum atomic E-state index is 13.6. The Labute approximate surface area is 117 Å². The first-order valence-corrected chi connectivity index (χ1v) is 7.82. The fraction of sp³-hybridized carbons (Fsp3) is 0.462. The summed E-state index contributed by atoms with van der Waals surface area (Å²) in [6.07, 6.45) is 1.60. The SMILES string of the molecule is CCC(CC)CNS(=O)(=O)c1cc(C(=O)O)ccc1F. The molecule has 7 heteroatoms. The van der Waals surface area contributed by atoms with Crippen LogP contribution in [0.25, 0.3) is 0 Å². The van der Waals surface area contributed by atoms with Gasteiger partial charge in [-0.15, -0.1) is 0 Å². The summed E-state index contributed by atoms with van der Waals surface area (Å²) in [5, 5.41) is 8.82. The zero-order chi connectivity index (χ0) is 15.3. The summed E-state index contributed by atoms with van der Waals surface area (Å²) < 4.78 is 40.0. The van der Waals surface area contributed by atoms with Gasteiger partial charge in [-0.25, -0.2) is 22.3 Å². The topological polar surface area (TPSA) is 83.5 Å². The number of carbonyl (C=O) groups is 1. The lowest BCUT2D eigenvalue weighted by atomic mass is 10.0. The quantitative estimate of drug-likeness (QED) is 0.809. The maximum Gasteiger partial charge on any atom is 0.335 e. The van der Waals surface area contributed by atoms with E-state index in [-0.39, 0.29) is 18.0 Å². The molecule has 0 fully saturated rings. The highest BCUT2D eigenvalue weighted by Gasteiger charge is 2.21. The van der Waals surface area contributed by atoms with Crippen molar-refractivity contribution in [1.29, 1.82) is 0 Å². The molecule has 2 N–H and O–H groups in total. The number of benzene rings is 1. The Morgan fingerprint density at radius 3 is 2.45 bits per heavy atom. The van der Waals surface area contributed by atoms with Crippen LogP contribution in [0.3, 0.4) is 0 Å². The van der Waals surface area contributed by atoms with Crippen molar-refractivity contribution in [3.8, 4) is 0 Å². The molecule has 0 atom stereocenters. The number of sulfonamides is 1. The van der Waals surface area contributed by atoms with Gasteiger partial charge in [0.25, 0.3) is 0 Å². The van der Waals surface area contributed by atoms with E-state index >= 15 is 0 Å². The second kappa shape index (κ2) is 6.81. The van der Waals surface area contributed by atoms with E-state index in [9.17, 15) is 17.6 Å². The molecule has 0 bridgehead atoms. The number of halogens is 1. The monoisotopic (exact) mass is 303 g/mol. The second-order valence-electron chi connectivity index (χ2n) is 4.48. The van der Waals surface area contributed by atoms with Crippen molar-refractivity contribution in [1.82, 2.24) is 4.72 Å². The number of rotatable bonds is 7. The molecule has 1 aromatic carbocycles. The zero-order valence-corrected chi connectivity index (χ0v) is 12.2. The highest BCUT2D eigenvalue weighted by molar-refractivity contribution is 7.89. The van der Waals surface area contributed by atoms with Crippen LogP contribution >= 0.6 is 0 Å². The third-order valence-corrected chi connectivity index (χ3v) is 4.62. The molecule has 0 saturated carbocycles. The first kappa shape index (κ1) is 16.6. The normalized spacial score (nSPS) is 11.8. The molecule has 0 spiro atoms. The predicted molar refractivity (Wildman–Crippen MR) is 72.6 cm³/mol. The third kappa shape index (κ3) is 4.01. The standard InChI is InChI=1S/C13H18FNO4S/c1-3-9(4-2)8-15-20(18,19)12-7-10(13(16)17)5-6-11(12)14/h5-7,9,15H,3-4,8H2,1-2H3,(H,16,17). The Hall–Kier alpha value is -1.47. The number of carboxylic acids is 1. The molecule has 1 aromatic rings. The van der Waals surface area contributed by atoms with Gasteiger partial charge in [0.2, 0.25) is 10.0 Å². The Kier molecular flexibility index (Phi) is 5.64. The Bertz CT molecular complexity index is 582. The molecule has 0 saturated heterocycles. The Morgan fingerprint density at radius 1 is 1.35 bits per heavy atom. The summed E-state index contributed by atoms with van der Waals surface area (Å²) >= 11 is 0. The minimum atomic E-state index is -4.05. The first-order chi connectivity index (χ1) is 9.31. The fourth-order valence-electron chi connectivity index (χ4n) is 1.72. The van der Waals surface area contributed by atoms with E-state index in [0.717, 1.165) is 31.0 Å². The van der Waals surface area contributed by atoms with Crippen molar-refractivity contribution < 1.29 is 22.7 Å². The van der Waals surface area contributed by atoms with Crippen LogP contribution in [0.2, 0.25) is 0 Å². The molecule has 20 heavy (non-hydrogen) atoms. The molecule has 0 amide bonds. The minimum absolute atomic E-state index is 0.162. The maximum absolute atomic E-state index is 13.6. The van der Waals surface area contributed by atoms with Crippen molar-refractivity contribution in [2.75, 3.05) is 6.54 Å². The molecule has 0 aliphatic rings. The molecule has 0 aliphatic carbocycles. The van der Waals surface area contributed by atoms with Gasteiger partial charge < -0.3 is 5.11 Å². The molecule has 0 heterocycles. The summed E-state index contributed by atoms with van der Waals surface area (Å²) in [6, 6.07) is 2.69. The molecule has 5 nitrogen and oxygen atoms in total. The van der Waals surface area contributed by atoms with Crippen LogP contribution in [-0.2, 0) is 10.0 Å². The van der Waals surface area contributed by atoms with Crippen LogP contribution in [0.15, 0.2) is 23.1 Å². The van der Waals surface area contributed by atoms with E-state index in [2.05, 4.69) is 4.72 Å². The van der Waals surface area contributed by atoms with Crippen molar-refractivity contribution in [2.45, 2.75) is 31.6 Å². The third-order valence-electron chi connectivity index (χ3n) is 3.18. The van der Waals surface area contributed by atoms with Crippen LogP contribution in [0.5, 0.6) is 0 Å². The molecular formula is C13H18FNO4S. The van der Waals surface area contributed by atoms with E-state index in [1.165, 1.54) is 0 Å². The van der Waals surface area contributed by atoms with Gasteiger partial charge in [0.15, 0.2) is 0 Å². The van der Waals surface area contributed by atoms with Gasteiger partial charge in [0, 0.05) is 6.54 Å². The van der Waals surface area contributed by atoms with E-state index in [4.69, 9.17) is 5.11 Å². The van der Waals surface area contributed by atoms with Gasteiger partial charge in [-0.1, -0.05) is 26.7 Å². The van der Waals surface area contributed by atoms with Gasteiger partial charge >= 0.3 is 5.97 Å². The first-order valence-electron chi connectivity index (χ1n) is 6.34. The van der Waals surface area contributed by atoms with Gasteiger partial charge in [0.05, 0.1) is 5.56 Å². The fourth-order valence-corrected chi connectivity index (χ4v) is 2.94. The smallest absolute Gasteiger partial charge is 0.335 e. The largest absolute Gasteiger partial charge is 0.478 e. The van der Waals surface area contributed by atoms with Crippen molar-refractivity contribution in [3.05, 3.63) is 29.6 Å². The lowest BCUT2D eigenvalue weighted by Gasteiger charge is -2.14. The number of carboxylic acid groups (broad SMARTS) is 1. The number of hydrogen-bond donors (Lipinski definition) is 2. The van der Waals surface area contributed by atoms with Gasteiger partial charge in [0.1, 0.15) is 10.7 Å². The second-order valence-corrected chi connectivity index (χ2v) is 6.22. The van der Waals surface area contributed by atoms with Crippen LogP contribution in [0.1, 0.15) is 37.0 Å². The minimum Gasteiger partial charge on any atom is -0.478 e. The van der Waals surface area contributed by atoms with E-state index < -0.39 is 26.7 Å². The number of nitrogens with one attached hydrogen (secondary N) is 1. The molecule has 0 radical (unpaired) electrons. The number of aromatic carboxylic acids is 1. The lowest BCUT2D eigenvalue weighted by molar-refractivity contribution is 0.0696. The summed E-state index contributed by atoms with van der Waals surface area (Å²) in [7, 11) is -4.05. The molecular weight excluding hydrogens is 285 g/mol. The van der Waals surface area contributed by atoms with Gasteiger partial charge in [-0.3, -0.25) is 0 Å². The Balaban J connectivity index is 3.03. The van der Waals surface area contributed by atoms with Crippen molar-refractivity contribution in [2.24, 2.45) is 5.92 Å².